The molecule has 0 radical (unpaired) electrons. The molecular weight excluding hydrogens is 513 g/mol. The highest BCUT2D eigenvalue weighted by Gasteiger charge is 2.35. The summed E-state index contributed by atoms with van der Waals surface area (Å²) in [5.74, 6) is 0.861. The number of benzene rings is 1. The van der Waals surface area contributed by atoms with E-state index in [-0.39, 0.29) is 45.4 Å². The first-order valence-electron chi connectivity index (χ1n) is 9.55. The number of anilines is 2. The van der Waals surface area contributed by atoms with Crippen molar-refractivity contribution in [2.45, 2.75) is 31.7 Å². The number of hydrogen-bond donors (Lipinski definition) is 2. The largest absolute Gasteiger partial charge is 0.363 e. The molecule has 2 aromatic rings. The third-order valence-corrected chi connectivity index (χ3v) is 6.72. The Morgan fingerprint density at radius 3 is 2.69 bits per heavy atom. The zero-order valence-electron chi connectivity index (χ0n) is 16.4. The van der Waals surface area contributed by atoms with Crippen LogP contribution < -0.4 is 10.2 Å². The molecule has 0 unspecified atom stereocenters. The lowest BCUT2D eigenvalue weighted by atomic mass is 9.87. The molecular formula is C18H17BrFN5O6S. The zero-order chi connectivity index (χ0) is 22.9. The van der Waals surface area contributed by atoms with Gasteiger partial charge in [0.2, 0.25) is 11.7 Å². The number of halogens is 2. The Labute approximate surface area is 190 Å². The number of nitrogens with zero attached hydrogens (tertiary/aromatic N) is 4. The number of oxime groups is 1. The summed E-state index contributed by atoms with van der Waals surface area (Å²) in [7, 11) is -4.01. The number of amidine groups is 1. The Hall–Kier alpha value is -2.80. The Bertz CT molecular complexity index is 1200. The highest BCUT2D eigenvalue weighted by molar-refractivity contribution is 9.10. The SMILES string of the molecule is O=C=C1ON=C(c2nonc2NC2CCC(CS(=O)(=O)O)CC2)N1c1ccc(F)c(Br)c1. The molecule has 1 aromatic heterocycles. The van der Waals surface area contributed by atoms with Crippen molar-refractivity contribution < 1.29 is 31.6 Å². The van der Waals surface area contributed by atoms with Crippen molar-refractivity contribution in [3.63, 3.8) is 0 Å². The number of rotatable bonds is 6. The van der Waals surface area contributed by atoms with Crippen LogP contribution >= 0.6 is 15.9 Å². The molecule has 0 bridgehead atoms. The minimum atomic E-state index is -4.01. The molecule has 32 heavy (non-hydrogen) atoms. The van der Waals surface area contributed by atoms with Gasteiger partial charge >= 0.3 is 5.88 Å². The van der Waals surface area contributed by atoms with Crippen molar-refractivity contribution in [3.8, 4) is 0 Å². The fourth-order valence-corrected chi connectivity index (χ4v) is 5.03. The van der Waals surface area contributed by atoms with Gasteiger partial charge in [-0.3, -0.25) is 4.55 Å². The predicted octanol–water partition coefficient (Wildman–Crippen LogP) is 2.70. The van der Waals surface area contributed by atoms with E-state index in [9.17, 15) is 17.6 Å². The lowest BCUT2D eigenvalue weighted by Crippen LogP contribution is -2.31. The van der Waals surface area contributed by atoms with Crippen LogP contribution in [-0.4, -0.2) is 46.9 Å². The lowest BCUT2D eigenvalue weighted by molar-refractivity contribution is 0.248. The van der Waals surface area contributed by atoms with E-state index in [2.05, 4.69) is 36.7 Å². The average Bonchev–Trinajstić information content (AvgIpc) is 3.36. The second-order valence-electron chi connectivity index (χ2n) is 7.42. The molecule has 0 atom stereocenters. The second-order valence-corrected chi connectivity index (χ2v) is 9.77. The van der Waals surface area contributed by atoms with Crippen LogP contribution in [-0.2, 0) is 19.8 Å². The standard InChI is InChI=1S/C18H17BrFN5O6S/c19-13-7-12(5-6-14(13)20)25-15(8-26)30-24-18(25)16-17(23-31-22-16)21-11-3-1-10(2-4-11)9-32(27,28)29/h5-7,10-11H,1-4,9H2,(H,21,23)(H,27,28,29). The average molecular weight is 530 g/mol. The molecule has 2 N–H and O–H groups in total. The number of carbonyl (C=O) groups excluding carboxylic acids is 1. The molecule has 14 heteroatoms. The summed E-state index contributed by atoms with van der Waals surface area (Å²) in [6, 6.07) is 4.03. The predicted molar refractivity (Wildman–Crippen MR) is 113 cm³/mol. The monoisotopic (exact) mass is 529 g/mol. The van der Waals surface area contributed by atoms with Crippen LogP contribution in [0.5, 0.6) is 0 Å². The van der Waals surface area contributed by atoms with Gasteiger partial charge in [0.25, 0.3) is 10.1 Å². The van der Waals surface area contributed by atoms with E-state index in [4.69, 9.17) is 14.0 Å². The van der Waals surface area contributed by atoms with Gasteiger partial charge in [0.15, 0.2) is 11.6 Å². The maximum atomic E-state index is 13.7. The highest BCUT2D eigenvalue weighted by atomic mass is 79.9. The second kappa shape index (κ2) is 8.98. The normalized spacial score (nSPS) is 21.2. The number of nitrogens with one attached hydrogen (secondary N) is 1. The third-order valence-electron chi connectivity index (χ3n) is 5.22. The van der Waals surface area contributed by atoms with E-state index in [1.165, 1.54) is 23.1 Å². The minimum Gasteiger partial charge on any atom is -0.363 e. The van der Waals surface area contributed by atoms with Gasteiger partial charge in [-0.15, -0.1) is 0 Å². The number of aromatic nitrogens is 2. The molecule has 0 amide bonds. The highest BCUT2D eigenvalue weighted by Crippen LogP contribution is 2.32. The molecule has 1 aromatic carbocycles. The summed E-state index contributed by atoms with van der Waals surface area (Å²) >= 11 is 3.10. The van der Waals surface area contributed by atoms with Crippen molar-refractivity contribution >= 4 is 49.3 Å². The Kier molecular flexibility index (Phi) is 6.29. The van der Waals surface area contributed by atoms with Crippen LogP contribution in [0.4, 0.5) is 15.9 Å². The van der Waals surface area contributed by atoms with Crippen LogP contribution in [0.1, 0.15) is 31.4 Å². The van der Waals surface area contributed by atoms with Crippen molar-refractivity contribution in [1.82, 2.24) is 10.3 Å². The van der Waals surface area contributed by atoms with Crippen LogP contribution in [0.3, 0.4) is 0 Å². The molecule has 0 saturated heterocycles. The van der Waals surface area contributed by atoms with Gasteiger partial charge in [0.05, 0.1) is 15.9 Å². The summed E-state index contributed by atoms with van der Waals surface area (Å²) in [6.07, 6.45) is 2.50. The summed E-state index contributed by atoms with van der Waals surface area (Å²) in [5.41, 5.74) is 0.531. The first-order valence-corrected chi connectivity index (χ1v) is 12.0. The van der Waals surface area contributed by atoms with E-state index < -0.39 is 15.9 Å². The van der Waals surface area contributed by atoms with Crippen molar-refractivity contribution in [3.05, 3.63) is 40.1 Å². The van der Waals surface area contributed by atoms with Gasteiger partial charge in [0.1, 0.15) is 5.82 Å². The van der Waals surface area contributed by atoms with Gasteiger partial charge in [-0.2, -0.15) is 8.42 Å². The summed E-state index contributed by atoms with van der Waals surface area (Å²) in [6.45, 7) is 0. The first kappa shape index (κ1) is 22.4. The van der Waals surface area contributed by atoms with Crippen molar-refractivity contribution in [1.29, 1.82) is 0 Å². The molecule has 0 spiro atoms. The van der Waals surface area contributed by atoms with Crippen LogP contribution in [0, 0.1) is 11.7 Å². The zero-order valence-corrected chi connectivity index (χ0v) is 18.8. The molecule has 1 aliphatic carbocycles. The maximum absolute atomic E-state index is 13.7. The van der Waals surface area contributed by atoms with Crippen molar-refractivity contribution in [2.24, 2.45) is 11.1 Å². The lowest BCUT2D eigenvalue weighted by Gasteiger charge is -2.28. The molecule has 1 fully saturated rings. The Balaban J connectivity index is 1.52. The van der Waals surface area contributed by atoms with Crippen LogP contribution in [0.25, 0.3) is 0 Å². The Morgan fingerprint density at radius 2 is 2.03 bits per heavy atom. The van der Waals surface area contributed by atoms with Crippen LogP contribution in [0.2, 0.25) is 0 Å². The van der Waals surface area contributed by atoms with Crippen LogP contribution in [0.15, 0.2) is 38.3 Å². The topological polar surface area (TPSA) is 147 Å². The molecule has 2 aliphatic rings. The fraction of sp³-hybridized carbons (Fsp3) is 0.389. The molecule has 170 valence electrons. The maximum Gasteiger partial charge on any atom is 0.320 e. The van der Waals surface area contributed by atoms with E-state index in [0.29, 0.717) is 31.4 Å². The van der Waals surface area contributed by atoms with Gasteiger partial charge in [0, 0.05) is 6.04 Å². The molecule has 2 heterocycles. The smallest absolute Gasteiger partial charge is 0.320 e. The van der Waals surface area contributed by atoms with Gasteiger partial charge in [-0.1, -0.05) is 5.16 Å². The molecule has 1 aliphatic heterocycles. The van der Waals surface area contributed by atoms with E-state index >= 15 is 0 Å². The van der Waals surface area contributed by atoms with Gasteiger partial charge in [-0.05, 0) is 76.0 Å². The van der Waals surface area contributed by atoms with Gasteiger partial charge in [-0.25, -0.2) is 18.7 Å². The third kappa shape index (κ3) is 4.83. The summed E-state index contributed by atoms with van der Waals surface area (Å²) < 4.78 is 49.9. The summed E-state index contributed by atoms with van der Waals surface area (Å²) in [4.78, 5) is 17.7. The number of hydrogen-bond acceptors (Lipinski definition) is 10. The fourth-order valence-electron chi connectivity index (χ4n) is 3.74. The quantitative estimate of drug-likeness (QED) is 0.422. The van der Waals surface area contributed by atoms with Crippen molar-refractivity contribution in [2.75, 3.05) is 16.0 Å². The molecule has 4 rings (SSSR count). The summed E-state index contributed by atoms with van der Waals surface area (Å²) in [5, 5.41) is 14.8. The molecule has 11 nitrogen and oxygen atoms in total. The van der Waals surface area contributed by atoms with E-state index in [1.54, 1.807) is 5.94 Å². The van der Waals surface area contributed by atoms with Gasteiger partial charge < -0.3 is 10.2 Å². The van der Waals surface area contributed by atoms with E-state index in [0.717, 1.165) is 0 Å². The first-order chi connectivity index (χ1) is 15.2. The van der Waals surface area contributed by atoms with E-state index in [1.807, 2.05) is 0 Å². The minimum absolute atomic E-state index is 0.0456. The Morgan fingerprint density at radius 1 is 1.28 bits per heavy atom. The molecule has 1 saturated carbocycles.